The molecule has 1 amide bonds. The smallest absolute Gasteiger partial charge is 0.255 e. The number of sulfonamides is 2. The molecular formula is C25H33N3O5S2. The Bertz CT molecular complexity index is 1260. The van der Waals surface area contributed by atoms with E-state index in [2.05, 4.69) is 5.32 Å². The Balaban J connectivity index is 1.51. The number of anilines is 1. The summed E-state index contributed by atoms with van der Waals surface area (Å²) >= 11 is 0. The number of piperidine rings is 1. The van der Waals surface area contributed by atoms with Crippen molar-refractivity contribution in [3.05, 3.63) is 53.6 Å². The molecule has 190 valence electrons. The van der Waals surface area contributed by atoms with E-state index in [1.807, 2.05) is 0 Å². The Labute approximate surface area is 208 Å². The second-order valence-corrected chi connectivity index (χ2v) is 13.1. The van der Waals surface area contributed by atoms with Crippen molar-refractivity contribution in [3.63, 3.8) is 0 Å². The average Bonchev–Trinajstić information content (AvgIpc) is 3.15. The molecule has 2 aliphatic rings. The summed E-state index contributed by atoms with van der Waals surface area (Å²) in [4.78, 5) is 13.3. The Hall–Kier alpha value is -2.27. The zero-order valence-corrected chi connectivity index (χ0v) is 21.7. The maximum absolute atomic E-state index is 13.2. The molecule has 2 aromatic carbocycles. The molecular weight excluding hydrogens is 486 g/mol. The van der Waals surface area contributed by atoms with E-state index in [-0.39, 0.29) is 15.4 Å². The summed E-state index contributed by atoms with van der Waals surface area (Å²) in [5, 5.41) is 2.77. The predicted molar refractivity (Wildman–Crippen MR) is 135 cm³/mol. The van der Waals surface area contributed by atoms with E-state index in [0.29, 0.717) is 37.4 Å². The molecule has 0 aromatic heterocycles. The highest BCUT2D eigenvalue weighted by Gasteiger charge is 2.27. The van der Waals surface area contributed by atoms with Gasteiger partial charge in [-0.05, 0) is 74.6 Å². The topological polar surface area (TPSA) is 104 Å². The van der Waals surface area contributed by atoms with E-state index in [1.165, 1.54) is 26.8 Å². The van der Waals surface area contributed by atoms with Crippen LogP contribution in [0.4, 0.5) is 5.69 Å². The van der Waals surface area contributed by atoms with Gasteiger partial charge in [0.25, 0.3) is 5.91 Å². The Morgan fingerprint density at radius 1 is 0.686 bits per heavy atom. The van der Waals surface area contributed by atoms with Gasteiger partial charge in [0.05, 0.1) is 9.79 Å². The van der Waals surface area contributed by atoms with Crippen molar-refractivity contribution in [2.45, 2.75) is 61.7 Å². The highest BCUT2D eigenvalue weighted by atomic mass is 32.2. The lowest BCUT2D eigenvalue weighted by Gasteiger charge is -2.25. The third kappa shape index (κ3) is 5.77. The summed E-state index contributed by atoms with van der Waals surface area (Å²) in [5.74, 6) is -0.443. The summed E-state index contributed by atoms with van der Waals surface area (Å²) in [6.07, 6.45) is 6.47. The van der Waals surface area contributed by atoms with Crippen molar-refractivity contribution in [3.8, 4) is 0 Å². The van der Waals surface area contributed by atoms with Gasteiger partial charge in [-0.2, -0.15) is 8.61 Å². The van der Waals surface area contributed by atoms with Crippen LogP contribution in [0.25, 0.3) is 0 Å². The highest BCUT2D eigenvalue weighted by molar-refractivity contribution is 7.89. The number of aryl methyl sites for hydroxylation is 1. The third-order valence-corrected chi connectivity index (χ3v) is 10.5. The summed E-state index contributed by atoms with van der Waals surface area (Å²) in [7, 11) is -7.23. The van der Waals surface area contributed by atoms with Crippen molar-refractivity contribution in [2.75, 3.05) is 31.5 Å². The molecule has 2 saturated heterocycles. The lowest BCUT2D eigenvalue weighted by molar-refractivity contribution is 0.102. The molecule has 0 bridgehead atoms. The second kappa shape index (κ2) is 10.8. The number of rotatable bonds is 6. The van der Waals surface area contributed by atoms with E-state index in [4.69, 9.17) is 0 Å². The van der Waals surface area contributed by atoms with Crippen molar-refractivity contribution >= 4 is 31.6 Å². The normalized spacial score (nSPS) is 18.7. The maximum Gasteiger partial charge on any atom is 0.255 e. The first-order valence-electron chi connectivity index (χ1n) is 12.2. The maximum atomic E-state index is 13.2. The molecule has 10 heteroatoms. The van der Waals surface area contributed by atoms with Crippen LogP contribution in [0.2, 0.25) is 0 Å². The molecule has 35 heavy (non-hydrogen) atoms. The molecule has 2 aromatic rings. The molecule has 1 N–H and O–H groups in total. The first-order valence-corrected chi connectivity index (χ1v) is 15.1. The van der Waals surface area contributed by atoms with Crippen molar-refractivity contribution in [1.82, 2.24) is 8.61 Å². The zero-order valence-electron chi connectivity index (χ0n) is 20.1. The minimum Gasteiger partial charge on any atom is -0.322 e. The fraction of sp³-hybridized carbons (Fsp3) is 0.480. The Morgan fingerprint density at radius 2 is 1.14 bits per heavy atom. The third-order valence-electron chi connectivity index (χ3n) is 6.72. The quantitative estimate of drug-likeness (QED) is 0.622. The molecule has 0 aliphatic carbocycles. The Morgan fingerprint density at radius 3 is 1.69 bits per heavy atom. The highest BCUT2D eigenvalue weighted by Crippen LogP contribution is 2.25. The average molecular weight is 520 g/mol. The van der Waals surface area contributed by atoms with Gasteiger partial charge in [-0.1, -0.05) is 25.3 Å². The number of carbonyl (C=O) groups excluding carboxylic acids is 1. The number of benzene rings is 2. The first-order chi connectivity index (χ1) is 16.7. The summed E-state index contributed by atoms with van der Waals surface area (Å²) in [6.45, 7) is 3.79. The monoisotopic (exact) mass is 519 g/mol. The molecule has 0 spiro atoms. The molecule has 8 nitrogen and oxygen atoms in total. The van der Waals surface area contributed by atoms with E-state index in [9.17, 15) is 21.6 Å². The SMILES string of the molecule is Cc1ccc(S(=O)(=O)N2CCCCCC2)cc1C(=O)Nc1ccc(S(=O)(=O)N2CCCCC2)cc1. The predicted octanol–water partition coefficient (Wildman–Crippen LogP) is 3.99. The lowest BCUT2D eigenvalue weighted by atomic mass is 10.1. The van der Waals surface area contributed by atoms with Gasteiger partial charge >= 0.3 is 0 Å². The number of amides is 1. The summed E-state index contributed by atoms with van der Waals surface area (Å²) in [5.41, 5.74) is 1.36. The first kappa shape index (κ1) is 25.8. The van der Waals surface area contributed by atoms with E-state index in [0.717, 1.165) is 44.9 Å². The van der Waals surface area contributed by atoms with Crippen LogP contribution in [0.1, 0.15) is 60.9 Å². The number of nitrogens with one attached hydrogen (secondary N) is 1. The molecule has 2 fully saturated rings. The second-order valence-electron chi connectivity index (χ2n) is 9.24. The van der Waals surface area contributed by atoms with Gasteiger partial charge < -0.3 is 5.32 Å². The van der Waals surface area contributed by atoms with Crippen molar-refractivity contribution < 1.29 is 21.6 Å². The van der Waals surface area contributed by atoms with Crippen LogP contribution in [0, 0.1) is 6.92 Å². The summed E-state index contributed by atoms with van der Waals surface area (Å²) in [6, 6.07) is 10.7. The zero-order chi connectivity index (χ0) is 25.1. The molecule has 0 saturated carbocycles. The molecule has 0 radical (unpaired) electrons. The Kier molecular flexibility index (Phi) is 7.95. The van der Waals surface area contributed by atoms with Gasteiger partial charge in [-0.25, -0.2) is 16.8 Å². The van der Waals surface area contributed by atoms with Crippen molar-refractivity contribution in [1.29, 1.82) is 0 Å². The van der Waals surface area contributed by atoms with Crippen LogP contribution in [-0.4, -0.2) is 57.5 Å². The van der Waals surface area contributed by atoms with Crippen molar-refractivity contribution in [2.24, 2.45) is 0 Å². The number of carbonyl (C=O) groups is 1. The van der Waals surface area contributed by atoms with Gasteiger partial charge in [-0.15, -0.1) is 0 Å². The van der Waals surface area contributed by atoms with Crippen LogP contribution in [0.5, 0.6) is 0 Å². The fourth-order valence-electron chi connectivity index (χ4n) is 4.60. The van der Waals surface area contributed by atoms with Gasteiger partial charge in [0.15, 0.2) is 0 Å². The molecule has 2 aliphatic heterocycles. The number of hydrogen-bond donors (Lipinski definition) is 1. The summed E-state index contributed by atoms with van der Waals surface area (Å²) < 4.78 is 55.1. The lowest BCUT2D eigenvalue weighted by Crippen LogP contribution is -2.35. The molecule has 2 heterocycles. The van der Waals surface area contributed by atoms with Crippen LogP contribution < -0.4 is 5.32 Å². The standard InChI is InChI=1S/C25H33N3O5S2/c1-20-9-12-23(35(32,33)28-15-5-2-3-6-16-28)19-24(20)25(29)26-21-10-13-22(14-11-21)34(30,31)27-17-7-4-8-18-27/h9-14,19H,2-8,15-18H2,1H3,(H,26,29). The van der Waals surface area contributed by atoms with E-state index < -0.39 is 26.0 Å². The van der Waals surface area contributed by atoms with Gasteiger partial charge in [-0.3, -0.25) is 4.79 Å². The van der Waals surface area contributed by atoms with Crippen LogP contribution >= 0.6 is 0 Å². The van der Waals surface area contributed by atoms with Crippen LogP contribution in [-0.2, 0) is 20.0 Å². The van der Waals surface area contributed by atoms with Gasteiger partial charge in [0.1, 0.15) is 0 Å². The fourth-order valence-corrected chi connectivity index (χ4v) is 7.66. The number of hydrogen-bond acceptors (Lipinski definition) is 5. The minimum atomic E-state index is -3.68. The molecule has 0 unspecified atom stereocenters. The van der Waals surface area contributed by atoms with Gasteiger partial charge in [0, 0.05) is 37.4 Å². The van der Waals surface area contributed by atoms with Gasteiger partial charge in [0.2, 0.25) is 20.0 Å². The minimum absolute atomic E-state index is 0.109. The molecule has 4 rings (SSSR count). The molecule has 0 atom stereocenters. The van der Waals surface area contributed by atoms with E-state index in [1.54, 1.807) is 31.2 Å². The number of nitrogens with zero attached hydrogens (tertiary/aromatic N) is 2. The van der Waals surface area contributed by atoms with E-state index >= 15 is 0 Å². The largest absolute Gasteiger partial charge is 0.322 e. The van der Waals surface area contributed by atoms with Crippen LogP contribution in [0.15, 0.2) is 52.3 Å². The van der Waals surface area contributed by atoms with Crippen LogP contribution in [0.3, 0.4) is 0 Å².